The molecular weight excluding hydrogens is 296 g/mol. The van der Waals surface area contributed by atoms with E-state index in [1.54, 1.807) is 26.2 Å². The van der Waals surface area contributed by atoms with Gasteiger partial charge in [-0.3, -0.25) is 0 Å². The number of aryl methyl sites for hydroxylation is 1. The highest BCUT2D eigenvalue weighted by Crippen LogP contribution is 2.29. The summed E-state index contributed by atoms with van der Waals surface area (Å²) in [6.07, 6.45) is 0. The molecule has 2 aromatic rings. The molecule has 23 heavy (non-hydrogen) atoms. The van der Waals surface area contributed by atoms with Crippen LogP contribution in [-0.4, -0.2) is 27.0 Å². The van der Waals surface area contributed by atoms with E-state index in [0.29, 0.717) is 29.2 Å². The van der Waals surface area contributed by atoms with Gasteiger partial charge in [0.05, 0.1) is 20.8 Å². The number of esters is 1. The first-order chi connectivity index (χ1) is 11.2. The van der Waals surface area contributed by atoms with Crippen LogP contribution in [0.25, 0.3) is 0 Å². The Labute approximate surface area is 135 Å². The van der Waals surface area contributed by atoms with Crippen LogP contribution in [0, 0.1) is 6.92 Å². The Morgan fingerprint density at radius 3 is 2.48 bits per heavy atom. The number of rotatable bonds is 7. The first-order valence-corrected chi connectivity index (χ1v) is 7.17. The highest BCUT2D eigenvalue weighted by atomic mass is 16.7. The van der Waals surface area contributed by atoms with Crippen LogP contribution in [0.1, 0.15) is 21.5 Å². The smallest absolute Gasteiger partial charge is 0.341 e. The van der Waals surface area contributed by atoms with Crippen molar-refractivity contribution in [1.29, 1.82) is 0 Å². The summed E-state index contributed by atoms with van der Waals surface area (Å²) in [6, 6.07) is 13.2. The number of methoxy groups -OCH3 is 2. The summed E-state index contributed by atoms with van der Waals surface area (Å²) in [5.74, 6) is 0.526. The number of ether oxygens (including phenoxy) is 4. The molecule has 0 aliphatic carbocycles. The van der Waals surface area contributed by atoms with Crippen molar-refractivity contribution >= 4 is 5.97 Å². The first kappa shape index (κ1) is 16.8. The molecule has 5 nitrogen and oxygen atoms in total. The highest BCUT2D eigenvalue weighted by Gasteiger charge is 2.18. The molecule has 0 heterocycles. The number of benzene rings is 2. The maximum Gasteiger partial charge on any atom is 0.341 e. The van der Waals surface area contributed by atoms with Gasteiger partial charge in [0, 0.05) is 6.07 Å². The zero-order valence-corrected chi connectivity index (χ0v) is 13.5. The maximum atomic E-state index is 11.9. The van der Waals surface area contributed by atoms with Crippen LogP contribution >= 0.6 is 0 Å². The minimum absolute atomic E-state index is 0.0193. The molecule has 0 aliphatic rings. The van der Waals surface area contributed by atoms with Crippen LogP contribution in [0.5, 0.6) is 11.5 Å². The Morgan fingerprint density at radius 2 is 1.83 bits per heavy atom. The number of hydrogen-bond acceptors (Lipinski definition) is 5. The third-order valence-corrected chi connectivity index (χ3v) is 3.31. The lowest BCUT2D eigenvalue weighted by Gasteiger charge is -2.14. The fourth-order valence-electron chi connectivity index (χ4n) is 2.16. The quantitative estimate of drug-likeness (QED) is 0.445. The minimum Gasteiger partial charge on any atom is -0.497 e. The predicted octanol–water partition coefficient (Wildman–Crippen LogP) is 3.34. The van der Waals surface area contributed by atoms with Gasteiger partial charge in [-0.1, -0.05) is 30.3 Å². The number of hydrogen-bond donors (Lipinski definition) is 0. The lowest BCUT2D eigenvalue weighted by Crippen LogP contribution is -2.10. The van der Waals surface area contributed by atoms with Crippen molar-refractivity contribution in [2.75, 3.05) is 21.0 Å². The van der Waals surface area contributed by atoms with Gasteiger partial charge in [0.1, 0.15) is 17.1 Å². The minimum atomic E-state index is -0.455. The molecule has 0 bridgehead atoms. The van der Waals surface area contributed by atoms with Gasteiger partial charge in [0.15, 0.2) is 6.79 Å². The van der Waals surface area contributed by atoms with Crippen molar-refractivity contribution in [2.45, 2.75) is 13.5 Å². The lowest BCUT2D eigenvalue weighted by atomic mass is 10.1. The topological polar surface area (TPSA) is 54.0 Å². The van der Waals surface area contributed by atoms with E-state index in [1.807, 2.05) is 30.3 Å². The van der Waals surface area contributed by atoms with E-state index in [9.17, 15) is 4.79 Å². The Hall–Kier alpha value is -2.53. The average molecular weight is 316 g/mol. The van der Waals surface area contributed by atoms with Gasteiger partial charge in [-0.25, -0.2) is 4.79 Å². The summed E-state index contributed by atoms with van der Waals surface area (Å²) in [7, 11) is 2.89. The van der Waals surface area contributed by atoms with Crippen molar-refractivity contribution < 1.29 is 23.7 Å². The highest BCUT2D eigenvalue weighted by molar-refractivity contribution is 5.94. The number of carbonyl (C=O) groups is 1. The van der Waals surface area contributed by atoms with Gasteiger partial charge in [-0.15, -0.1) is 0 Å². The molecule has 5 heteroatoms. The SMILES string of the molecule is COC(=O)c1c(C)cc(OC)cc1OCOCc1ccccc1. The summed E-state index contributed by atoms with van der Waals surface area (Å²) in [4.78, 5) is 11.9. The number of carbonyl (C=O) groups excluding carboxylic acids is 1. The van der Waals surface area contributed by atoms with Gasteiger partial charge in [0.25, 0.3) is 0 Å². The van der Waals surface area contributed by atoms with Crippen molar-refractivity contribution in [1.82, 2.24) is 0 Å². The third-order valence-electron chi connectivity index (χ3n) is 3.31. The Bertz CT molecular complexity index is 652. The van der Waals surface area contributed by atoms with Crippen LogP contribution in [0.15, 0.2) is 42.5 Å². The van der Waals surface area contributed by atoms with E-state index in [-0.39, 0.29) is 6.79 Å². The molecule has 0 saturated heterocycles. The van der Waals surface area contributed by atoms with Crippen LogP contribution in [0.3, 0.4) is 0 Å². The summed E-state index contributed by atoms with van der Waals surface area (Å²) >= 11 is 0. The lowest BCUT2D eigenvalue weighted by molar-refractivity contribution is 0.00401. The Balaban J connectivity index is 2.05. The van der Waals surface area contributed by atoms with Gasteiger partial charge < -0.3 is 18.9 Å². The van der Waals surface area contributed by atoms with E-state index >= 15 is 0 Å². The summed E-state index contributed by atoms with van der Waals surface area (Å²) in [6.45, 7) is 2.25. The summed E-state index contributed by atoms with van der Waals surface area (Å²) in [5, 5.41) is 0. The molecule has 0 atom stereocenters. The molecule has 122 valence electrons. The van der Waals surface area contributed by atoms with Crippen LogP contribution in [0.4, 0.5) is 0 Å². The fraction of sp³-hybridized carbons (Fsp3) is 0.278. The Kier molecular flexibility index (Phi) is 6.00. The van der Waals surface area contributed by atoms with Gasteiger partial charge >= 0.3 is 5.97 Å². The van der Waals surface area contributed by atoms with Crippen LogP contribution < -0.4 is 9.47 Å². The molecule has 0 unspecified atom stereocenters. The van der Waals surface area contributed by atoms with Crippen molar-refractivity contribution in [2.24, 2.45) is 0 Å². The molecule has 2 aromatic carbocycles. The van der Waals surface area contributed by atoms with Crippen LogP contribution in [0.2, 0.25) is 0 Å². The van der Waals surface area contributed by atoms with E-state index < -0.39 is 5.97 Å². The van der Waals surface area contributed by atoms with E-state index in [1.165, 1.54) is 7.11 Å². The summed E-state index contributed by atoms with van der Waals surface area (Å²) in [5.41, 5.74) is 2.14. The molecule has 2 rings (SSSR count). The zero-order valence-electron chi connectivity index (χ0n) is 13.5. The van der Waals surface area contributed by atoms with Gasteiger partial charge in [-0.05, 0) is 24.1 Å². The fourth-order valence-corrected chi connectivity index (χ4v) is 2.16. The monoisotopic (exact) mass is 316 g/mol. The molecule has 0 fully saturated rings. The van der Waals surface area contributed by atoms with Gasteiger partial charge in [0.2, 0.25) is 0 Å². The van der Waals surface area contributed by atoms with E-state index in [0.717, 1.165) is 5.56 Å². The standard InChI is InChI=1S/C18H20O5/c1-13-9-15(20-2)10-16(17(13)18(19)21-3)23-12-22-11-14-7-5-4-6-8-14/h4-10H,11-12H2,1-3H3. The van der Waals surface area contributed by atoms with Gasteiger partial charge in [-0.2, -0.15) is 0 Å². The molecule has 0 amide bonds. The maximum absolute atomic E-state index is 11.9. The van der Waals surface area contributed by atoms with Crippen LogP contribution in [-0.2, 0) is 16.1 Å². The molecule has 0 N–H and O–H groups in total. The largest absolute Gasteiger partial charge is 0.497 e. The normalized spacial score (nSPS) is 10.2. The zero-order chi connectivity index (χ0) is 16.7. The van der Waals surface area contributed by atoms with Crippen molar-refractivity contribution in [3.63, 3.8) is 0 Å². The second-order valence-electron chi connectivity index (χ2n) is 4.91. The second-order valence-corrected chi connectivity index (χ2v) is 4.91. The van der Waals surface area contributed by atoms with E-state index in [4.69, 9.17) is 18.9 Å². The molecule has 0 spiro atoms. The third kappa shape index (κ3) is 4.47. The molecular formula is C18H20O5. The van der Waals surface area contributed by atoms with Crippen molar-refractivity contribution in [3.05, 3.63) is 59.2 Å². The first-order valence-electron chi connectivity index (χ1n) is 7.17. The predicted molar refractivity (Wildman–Crippen MR) is 85.8 cm³/mol. The van der Waals surface area contributed by atoms with E-state index in [2.05, 4.69) is 0 Å². The molecule has 0 aromatic heterocycles. The molecule has 0 saturated carbocycles. The Morgan fingerprint density at radius 1 is 1.09 bits per heavy atom. The molecule has 0 radical (unpaired) electrons. The molecule has 0 aliphatic heterocycles. The van der Waals surface area contributed by atoms with Crippen molar-refractivity contribution in [3.8, 4) is 11.5 Å². The average Bonchev–Trinajstić information content (AvgIpc) is 2.58. The summed E-state index contributed by atoms with van der Waals surface area (Å²) < 4.78 is 21.1. The second kappa shape index (κ2) is 8.19.